The number of aliphatic imine (C=N–C) groups is 1. The van der Waals surface area contributed by atoms with Crippen LogP contribution in [0.15, 0.2) is 11.2 Å². The van der Waals surface area contributed by atoms with Crippen LogP contribution in [0, 0.1) is 0 Å². The van der Waals surface area contributed by atoms with Gasteiger partial charge in [0.15, 0.2) is 5.71 Å². The fourth-order valence-electron chi connectivity index (χ4n) is 1.38. The molecule has 2 heterocycles. The third-order valence-electron chi connectivity index (χ3n) is 1.96. The summed E-state index contributed by atoms with van der Waals surface area (Å²) in [6.07, 6.45) is 2.27. The Labute approximate surface area is 85.1 Å². The number of hydrogen-bond acceptors (Lipinski definition) is 5. The van der Waals surface area contributed by atoms with Crippen LogP contribution in [0.3, 0.4) is 0 Å². The van der Waals surface area contributed by atoms with E-state index in [1.54, 1.807) is 0 Å². The van der Waals surface area contributed by atoms with Crippen molar-refractivity contribution in [1.29, 1.82) is 0 Å². The van der Waals surface area contributed by atoms with Crippen molar-refractivity contribution < 1.29 is 18.3 Å². The van der Waals surface area contributed by atoms with E-state index in [0.717, 1.165) is 6.26 Å². The second-order valence-corrected chi connectivity index (χ2v) is 4.91. The zero-order chi connectivity index (χ0) is 11.2. The summed E-state index contributed by atoms with van der Waals surface area (Å²) in [5.74, 6) is -1.25. The Morgan fingerprint density at radius 2 is 2.27 bits per heavy atom. The molecule has 8 heteroatoms. The maximum absolute atomic E-state index is 11.3. The number of carbonyl (C=O) groups is 1. The second-order valence-electron chi connectivity index (χ2n) is 3.09. The van der Waals surface area contributed by atoms with Crippen molar-refractivity contribution in [1.82, 2.24) is 9.19 Å². The number of nitrogens with zero attached hydrogens (tertiary/aromatic N) is 3. The molecule has 0 fully saturated rings. The van der Waals surface area contributed by atoms with Gasteiger partial charge in [0, 0.05) is 5.56 Å². The molecule has 1 N–H and O–H groups in total. The molecule has 2 rings (SSSR count). The summed E-state index contributed by atoms with van der Waals surface area (Å²) in [6, 6.07) is 0. The van der Waals surface area contributed by atoms with Gasteiger partial charge in [0.2, 0.25) is 0 Å². The van der Waals surface area contributed by atoms with Crippen LogP contribution in [0.4, 0.5) is 0 Å². The van der Waals surface area contributed by atoms with E-state index in [-0.39, 0.29) is 18.0 Å². The van der Waals surface area contributed by atoms with E-state index in [1.165, 1.54) is 6.20 Å². The van der Waals surface area contributed by atoms with Crippen LogP contribution in [0.2, 0.25) is 0 Å². The van der Waals surface area contributed by atoms with E-state index < -0.39 is 16.0 Å². The van der Waals surface area contributed by atoms with Gasteiger partial charge in [-0.1, -0.05) is 0 Å². The standard InChI is InChI=1S/C7H7N3O4S/c1-15(13,14)10-6-4(3-9-10)2-8-5(6)7(11)12/h3H,2H2,1H3,(H,11,12). The minimum Gasteiger partial charge on any atom is -0.476 e. The molecule has 0 unspecified atom stereocenters. The van der Waals surface area contributed by atoms with E-state index in [0.29, 0.717) is 9.65 Å². The molecule has 0 spiro atoms. The minimum atomic E-state index is -3.59. The fourth-order valence-corrected chi connectivity index (χ4v) is 2.14. The van der Waals surface area contributed by atoms with Gasteiger partial charge in [-0.25, -0.2) is 13.2 Å². The number of rotatable bonds is 2. The van der Waals surface area contributed by atoms with Crippen molar-refractivity contribution in [3.05, 3.63) is 17.5 Å². The van der Waals surface area contributed by atoms with Gasteiger partial charge in [-0.2, -0.15) is 9.19 Å². The molecule has 1 aliphatic heterocycles. The van der Waals surface area contributed by atoms with Crippen LogP contribution in [0.25, 0.3) is 0 Å². The molecule has 1 aromatic heterocycles. The first kappa shape index (κ1) is 9.84. The van der Waals surface area contributed by atoms with Gasteiger partial charge in [0.05, 0.1) is 19.0 Å². The molecular weight excluding hydrogens is 222 g/mol. The Bertz CT molecular complexity index is 569. The molecule has 1 aromatic rings. The normalized spacial score (nSPS) is 14.9. The van der Waals surface area contributed by atoms with Gasteiger partial charge < -0.3 is 5.11 Å². The summed E-state index contributed by atoms with van der Waals surface area (Å²) in [5.41, 5.74) is 0.316. The van der Waals surface area contributed by atoms with E-state index in [9.17, 15) is 13.2 Å². The zero-order valence-electron chi connectivity index (χ0n) is 7.71. The van der Waals surface area contributed by atoms with Crippen molar-refractivity contribution >= 4 is 21.7 Å². The summed E-state index contributed by atoms with van der Waals surface area (Å²) >= 11 is 0. The summed E-state index contributed by atoms with van der Waals surface area (Å²) < 4.78 is 23.2. The van der Waals surface area contributed by atoms with Crippen LogP contribution in [-0.2, 0) is 21.4 Å². The molecule has 7 nitrogen and oxygen atoms in total. The molecule has 0 atom stereocenters. The number of fused-ring (bicyclic) bond motifs is 1. The Morgan fingerprint density at radius 1 is 1.60 bits per heavy atom. The van der Waals surface area contributed by atoms with Gasteiger partial charge in [-0.3, -0.25) is 4.99 Å². The largest absolute Gasteiger partial charge is 0.476 e. The van der Waals surface area contributed by atoms with Crippen molar-refractivity contribution in [2.75, 3.05) is 6.26 Å². The van der Waals surface area contributed by atoms with Crippen LogP contribution < -0.4 is 0 Å². The third-order valence-corrected chi connectivity index (χ3v) is 2.87. The molecule has 0 saturated carbocycles. The van der Waals surface area contributed by atoms with E-state index in [1.807, 2.05) is 0 Å². The summed E-state index contributed by atoms with van der Waals surface area (Å²) in [6.45, 7) is 0.159. The molecule has 0 bridgehead atoms. The number of hydrogen-bond donors (Lipinski definition) is 1. The number of aromatic nitrogens is 2. The second kappa shape index (κ2) is 2.89. The van der Waals surface area contributed by atoms with Crippen LogP contribution in [-0.4, -0.2) is 40.6 Å². The minimum absolute atomic E-state index is 0.0602. The Balaban J connectivity index is 2.67. The quantitative estimate of drug-likeness (QED) is 0.706. The lowest BCUT2D eigenvalue weighted by Crippen LogP contribution is -2.22. The molecule has 0 saturated heterocycles. The zero-order valence-corrected chi connectivity index (χ0v) is 8.52. The number of aliphatic carboxylic acids is 1. The van der Waals surface area contributed by atoms with Crippen LogP contribution in [0.5, 0.6) is 0 Å². The fraction of sp³-hybridized carbons (Fsp3) is 0.286. The van der Waals surface area contributed by atoms with Crippen LogP contribution >= 0.6 is 0 Å². The first-order valence-electron chi connectivity index (χ1n) is 3.97. The molecule has 15 heavy (non-hydrogen) atoms. The first-order chi connectivity index (χ1) is 6.91. The predicted molar refractivity (Wildman–Crippen MR) is 50.3 cm³/mol. The average Bonchev–Trinajstić information content (AvgIpc) is 2.57. The summed E-state index contributed by atoms with van der Waals surface area (Å²) in [7, 11) is -3.59. The van der Waals surface area contributed by atoms with E-state index >= 15 is 0 Å². The third kappa shape index (κ3) is 1.42. The van der Waals surface area contributed by atoms with Gasteiger partial charge in [-0.05, 0) is 0 Å². The van der Waals surface area contributed by atoms with Gasteiger partial charge >= 0.3 is 5.97 Å². The van der Waals surface area contributed by atoms with E-state index in [2.05, 4.69) is 10.1 Å². The highest BCUT2D eigenvalue weighted by Crippen LogP contribution is 2.19. The number of carboxylic acids is 1. The molecule has 0 aliphatic carbocycles. The highest BCUT2D eigenvalue weighted by atomic mass is 32.2. The van der Waals surface area contributed by atoms with Crippen molar-refractivity contribution in [2.24, 2.45) is 4.99 Å². The van der Waals surface area contributed by atoms with Gasteiger partial charge in [-0.15, -0.1) is 0 Å². The molecule has 80 valence electrons. The first-order valence-corrected chi connectivity index (χ1v) is 5.81. The predicted octanol–water partition coefficient (Wildman–Crippen LogP) is -0.922. The molecule has 0 amide bonds. The van der Waals surface area contributed by atoms with Crippen LogP contribution in [0.1, 0.15) is 11.3 Å². The highest BCUT2D eigenvalue weighted by Gasteiger charge is 2.29. The van der Waals surface area contributed by atoms with Crippen molar-refractivity contribution in [2.45, 2.75) is 6.54 Å². The lowest BCUT2D eigenvalue weighted by molar-refractivity contribution is -0.129. The molecular formula is C7H7N3O4S. The SMILES string of the molecule is CS(=O)(=O)n1ncc2c1C(C(=O)O)=NC2. The lowest BCUT2D eigenvalue weighted by Gasteiger charge is -2.01. The average molecular weight is 229 g/mol. The van der Waals surface area contributed by atoms with Crippen molar-refractivity contribution in [3.63, 3.8) is 0 Å². The molecule has 0 radical (unpaired) electrons. The smallest absolute Gasteiger partial charge is 0.356 e. The topological polar surface area (TPSA) is 102 Å². The Hall–Kier alpha value is -1.70. The molecule has 0 aromatic carbocycles. The van der Waals surface area contributed by atoms with Crippen molar-refractivity contribution in [3.8, 4) is 0 Å². The highest BCUT2D eigenvalue weighted by molar-refractivity contribution is 7.89. The summed E-state index contributed by atoms with van der Waals surface area (Å²) in [5, 5.41) is 12.4. The Morgan fingerprint density at radius 3 is 2.80 bits per heavy atom. The maximum Gasteiger partial charge on any atom is 0.356 e. The molecule has 1 aliphatic rings. The number of carboxylic acid groups (broad SMARTS) is 1. The van der Waals surface area contributed by atoms with E-state index in [4.69, 9.17) is 5.11 Å². The van der Waals surface area contributed by atoms with Gasteiger partial charge in [0.25, 0.3) is 10.0 Å². The monoisotopic (exact) mass is 229 g/mol. The van der Waals surface area contributed by atoms with Gasteiger partial charge in [0.1, 0.15) is 5.69 Å². The maximum atomic E-state index is 11.3. The lowest BCUT2D eigenvalue weighted by atomic mass is 10.2. The summed E-state index contributed by atoms with van der Waals surface area (Å²) in [4.78, 5) is 14.5. The Kier molecular flexibility index (Phi) is 1.90.